The van der Waals surface area contributed by atoms with Crippen LogP contribution in [0.3, 0.4) is 0 Å². The number of hydrogen-bond acceptors (Lipinski definition) is 2. The lowest BCUT2D eigenvalue weighted by Gasteiger charge is -2.13. The zero-order chi connectivity index (χ0) is 9.19. The second-order valence-corrected chi connectivity index (χ2v) is 4.38. The summed E-state index contributed by atoms with van der Waals surface area (Å²) in [7, 11) is 0. The van der Waals surface area contributed by atoms with E-state index in [9.17, 15) is 0 Å². The van der Waals surface area contributed by atoms with E-state index in [2.05, 4.69) is 4.98 Å². The normalized spacial score (nSPS) is 11.3. The Balaban J connectivity index is 2.83. The Hall–Kier alpha value is 0.110. The first-order valence-corrected chi connectivity index (χ1v) is 4.36. The molecular formula is C6H3Cl4NO. The Labute approximate surface area is 89.3 Å². The second kappa shape index (κ2) is 3.88. The highest BCUT2D eigenvalue weighted by Crippen LogP contribution is 2.32. The summed E-state index contributed by atoms with van der Waals surface area (Å²) < 4.78 is 3.02. The zero-order valence-corrected chi connectivity index (χ0v) is 8.62. The Morgan fingerprint density at radius 3 is 2.50 bits per heavy atom. The minimum absolute atomic E-state index is 0.156. The van der Waals surface area contributed by atoms with Crippen molar-refractivity contribution in [3.8, 4) is 5.75 Å². The number of pyridine rings is 1. The van der Waals surface area contributed by atoms with Gasteiger partial charge in [0.25, 0.3) is 0 Å². The van der Waals surface area contributed by atoms with Gasteiger partial charge in [0.1, 0.15) is 0 Å². The smallest absolute Gasteiger partial charge is 0.338 e. The van der Waals surface area contributed by atoms with Gasteiger partial charge in [-0.1, -0.05) is 11.6 Å². The van der Waals surface area contributed by atoms with Gasteiger partial charge in [-0.15, -0.1) is 0 Å². The SMILES string of the molecule is Clc1ncccc1OC(Cl)(Cl)Cl. The number of nitrogens with zero attached hydrogens (tertiary/aromatic N) is 1. The fourth-order valence-corrected chi connectivity index (χ4v) is 0.979. The maximum Gasteiger partial charge on any atom is 0.338 e. The van der Waals surface area contributed by atoms with Crippen LogP contribution in [0.1, 0.15) is 0 Å². The number of aromatic nitrogens is 1. The van der Waals surface area contributed by atoms with Crippen LogP contribution in [0.15, 0.2) is 18.3 Å². The fourth-order valence-electron chi connectivity index (χ4n) is 0.572. The van der Waals surface area contributed by atoms with Gasteiger partial charge in [0.05, 0.1) is 0 Å². The molecule has 1 heterocycles. The van der Waals surface area contributed by atoms with Crippen molar-refractivity contribution in [3.63, 3.8) is 0 Å². The summed E-state index contributed by atoms with van der Waals surface area (Å²) in [5, 5.41) is 0.156. The van der Waals surface area contributed by atoms with Crippen LogP contribution in [-0.4, -0.2) is 8.96 Å². The summed E-state index contributed by atoms with van der Waals surface area (Å²) in [6, 6.07) is 3.18. The van der Waals surface area contributed by atoms with Crippen LogP contribution in [0.4, 0.5) is 0 Å². The molecule has 66 valence electrons. The summed E-state index contributed by atoms with van der Waals surface area (Å²) in [5.41, 5.74) is 0. The molecule has 0 fully saturated rings. The zero-order valence-electron chi connectivity index (χ0n) is 5.60. The van der Waals surface area contributed by atoms with Crippen LogP contribution in [0.5, 0.6) is 5.75 Å². The maximum atomic E-state index is 5.62. The molecule has 0 atom stereocenters. The van der Waals surface area contributed by atoms with Gasteiger partial charge in [-0.3, -0.25) is 0 Å². The van der Waals surface area contributed by atoms with E-state index in [0.717, 1.165) is 0 Å². The number of rotatable bonds is 1. The van der Waals surface area contributed by atoms with E-state index >= 15 is 0 Å². The minimum Gasteiger partial charge on any atom is -0.442 e. The van der Waals surface area contributed by atoms with Gasteiger partial charge in [-0.25, -0.2) is 4.98 Å². The van der Waals surface area contributed by atoms with Gasteiger partial charge in [0.15, 0.2) is 10.9 Å². The van der Waals surface area contributed by atoms with Crippen molar-refractivity contribution in [1.82, 2.24) is 4.98 Å². The Kier molecular flexibility index (Phi) is 3.29. The van der Waals surface area contributed by atoms with Crippen molar-refractivity contribution in [2.24, 2.45) is 0 Å². The summed E-state index contributed by atoms with van der Waals surface area (Å²) in [6.07, 6.45) is 1.51. The monoisotopic (exact) mass is 245 g/mol. The molecule has 0 aliphatic rings. The molecule has 2 nitrogen and oxygen atoms in total. The van der Waals surface area contributed by atoms with Crippen LogP contribution < -0.4 is 4.74 Å². The molecule has 1 rings (SSSR count). The Bertz CT molecular complexity index is 272. The molecule has 0 bridgehead atoms. The summed E-state index contributed by atoms with van der Waals surface area (Å²) in [5.74, 6) is 0.235. The Morgan fingerprint density at radius 2 is 2.00 bits per heavy atom. The largest absolute Gasteiger partial charge is 0.442 e. The molecular weight excluding hydrogens is 244 g/mol. The van der Waals surface area contributed by atoms with Gasteiger partial charge >= 0.3 is 3.98 Å². The van der Waals surface area contributed by atoms with E-state index in [1.54, 1.807) is 12.1 Å². The number of ether oxygens (including phenoxy) is 1. The van der Waals surface area contributed by atoms with Crippen molar-refractivity contribution in [2.75, 3.05) is 0 Å². The van der Waals surface area contributed by atoms with Crippen LogP contribution in [0.2, 0.25) is 5.15 Å². The molecule has 0 N–H and O–H groups in total. The molecule has 0 amide bonds. The maximum absolute atomic E-state index is 5.62. The van der Waals surface area contributed by atoms with Crippen molar-refractivity contribution < 1.29 is 4.74 Å². The first kappa shape index (κ1) is 10.2. The van der Waals surface area contributed by atoms with Crippen LogP contribution >= 0.6 is 46.4 Å². The standard InChI is InChI=1S/C6H3Cl4NO/c7-5-4(2-1-3-11-5)12-6(8,9)10/h1-3H. The van der Waals surface area contributed by atoms with E-state index in [1.807, 2.05) is 0 Å². The van der Waals surface area contributed by atoms with E-state index < -0.39 is 3.98 Å². The van der Waals surface area contributed by atoms with Gasteiger partial charge in [0, 0.05) is 6.20 Å². The molecule has 12 heavy (non-hydrogen) atoms. The van der Waals surface area contributed by atoms with Gasteiger partial charge in [-0.2, -0.15) is 0 Å². The Morgan fingerprint density at radius 1 is 1.33 bits per heavy atom. The molecule has 0 saturated heterocycles. The highest BCUT2D eigenvalue weighted by molar-refractivity contribution is 6.66. The average molecular weight is 247 g/mol. The number of halogens is 4. The second-order valence-electron chi connectivity index (χ2n) is 1.84. The first-order valence-electron chi connectivity index (χ1n) is 2.85. The molecule has 0 saturated carbocycles. The van der Waals surface area contributed by atoms with E-state index in [4.69, 9.17) is 51.1 Å². The van der Waals surface area contributed by atoms with Crippen molar-refractivity contribution in [3.05, 3.63) is 23.5 Å². The molecule has 1 aromatic heterocycles. The average Bonchev–Trinajstić information content (AvgIpc) is 1.91. The third-order valence-electron chi connectivity index (χ3n) is 0.951. The van der Waals surface area contributed by atoms with Crippen molar-refractivity contribution >= 4 is 46.4 Å². The molecule has 0 aliphatic heterocycles. The van der Waals surface area contributed by atoms with Crippen molar-refractivity contribution in [1.29, 1.82) is 0 Å². The lowest BCUT2D eigenvalue weighted by molar-refractivity contribution is 0.319. The molecule has 0 spiro atoms. The fraction of sp³-hybridized carbons (Fsp3) is 0.167. The molecule has 1 aromatic rings. The molecule has 0 aliphatic carbocycles. The van der Waals surface area contributed by atoms with Crippen LogP contribution in [0.25, 0.3) is 0 Å². The number of alkyl halides is 3. The lowest BCUT2D eigenvalue weighted by Crippen LogP contribution is -2.12. The van der Waals surface area contributed by atoms with E-state index in [1.165, 1.54) is 6.20 Å². The van der Waals surface area contributed by atoms with Crippen molar-refractivity contribution in [2.45, 2.75) is 3.98 Å². The first-order chi connectivity index (χ1) is 5.49. The van der Waals surface area contributed by atoms with Gasteiger partial charge in [-0.05, 0) is 46.9 Å². The third-order valence-corrected chi connectivity index (χ3v) is 1.47. The highest BCUT2D eigenvalue weighted by Gasteiger charge is 2.23. The molecule has 6 heteroatoms. The van der Waals surface area contributed by atoms with Crippen LogP contribution in [0, 0.1) is 0 Å². The summed E-state index contributed by atoms with van der Waals surface area (Å²) in [6.45, 7) is 0. The topological polar surface area (TPSA) is 22.1 Å². The third kappa shape index (κ3) is 3.23. The minimum atomic E-state index is -1.81. The predicted octanol–water partition coefficient (Wildman–Crippen LogP) is 3.44. The summed E-state index contributed by atoms with van der Waals surface area (Å²) in [4.78, 5) is 3.73. The van der Waals surface area contributed by atoms with Crippen LogP contribution in [-0.2, 0) is 0 Å². The van der Waals surface area contributed by atoms with E-state index in [-0.39, 0.29) is 10.9 Å². The molecule has 0 aromatic carbocycles. The van der Waals surface area contributed by atoms with Gasteiger partial charge in [0.2, 0.25) is 0 Å². The predicted molar refractivity (Wildman–Crippen MR) is 50.2 cm³/mol. The van der Waals surface area contributed by atoms with E-state index in [0.29, 0.717) is 0 Å². The summed E-state index contributed by atoms with van der Waals surface area (Å²) >= 11 is 21.7. The highest BCUT2D eigenvalue weighted by atomic mass is 35.6. The number of hydrogen-bond donors (Lipinski definition) is 0. The molecule has 0 radical (unpaired) electrons. The van der Waals surface area contributed by atoms with Gasteiger partial charge < -0.3 is 4.74 Å². The lowest BCUT2D eigenvalue weighted by atomic mass is 10.5. The quantitative estimate of drug-likeness (QED) is 0.560. The molecule has 0 unspecified atom stereocenters.